The van der Waals surface area contributed by atoms with Gasteiger partial charge in [0.05, 0.1) is 23.9 Å². The quantitative estimate of drug-likeness (QED) is 0.295. The number of carboxylic acids is 2. The van der Waals surface area contributed by atoms with Gasteiger partial charge in [-0.05, 0) is 48.0 Å². The Morgan fingerprint density at radius 1 is 0.914 bits per heavy atom. The molecule has 0 aliphatic heterocycles. The third kappa shape index (κ3) is 5.03. The number of carboxylic acid groups (broad SMARTS) is 2. The number of ether oxygens (including phenoxy) is 1. The van der Waals surface area contributed by atoms with Crippen molar-refractivity contribution < 1.29 is 29.3 Å². The van der Waals surface area contributed by atoms with Gasteiger partial charge < -0.3 is 25.6 Å². The van der Waals surface area contributed by atoms with Gasteiger partial charge in [-0.2, -0.15) is 0 Å². The van der Waals surface area contributed by atoms with Crippen molar-refractivity contribution in [2.24, 2.45) is 0 Å². The standard InChI is InChI=1S/C26H21N3O6/c1-35-18-10-8-16(9-11-18)24(30)29-17-5-2-4-15(12-17)13-27-23-19-6-3-7-20(25(31)32)22(19)28-14-21(23)26(33)34/h2-12,14H,13H2,1H3,(H,27,28)(H,29,30)(H,31,32)(H,33,34). The molecule has 0 spiro atoms. The molecule has 0 aliphatic rings. The minimum atomic E-state index is -1.19. The number of carbonyl (C=O) groups is 3. The fraction of sp³-hybridized carbons (Fsp3) is 0.0769. The number of methoxy groups -OCH3 is 1. The first-order valence-corrected chi connectivity index (χ1v) is 10.5. The summed E-state index contributed by atoms with van der Waals surface area (Å²) in [5, 5.41) is 25.4. The maximum absolute atomic E-state index is 12.6. The van der Waals surface area contributed by atoms with Gasteiger partial charge in [0.15, 0.2) is 0 Å². The van der Waals surface area contributed by atoms with Crippen molar-refractivity contribution in [3.8, 4) is 5.75 Å². The van der Waals surface area contributed by atoms with Crippen LogP contribution in [0.15, 0.2) is 72.9 Å². The number of aromatic carboxylic acids is 2. The van der Waals surface area contributed by atoms with E-state index in [4.69, 9.17) is 4.74 Å². The molecule has 4 N–H and O–H groups in total. The smallest absolute Gasteiger partial charge is 0.339 e. The number of benzene rings is 3. The summed E-state index contributed by atoms with van der Waals surface area (Å²) in [5.41, 5.74) is 2.16. The highest BCUT2D eigenvalue weighted by molar-refractivity contribution is 6.10. The maximum Gasteiger partial charge on any atom is 0.339 e. The summed E-state index contributed by atoms with van der Waals surface area (Å²) in [6.07, 6.45) is 1.14. The lowest BCUT2D eigenvalue weighted by Crippen LogP contribution is -2.12. The zero-order valence-electron chi connectivity index (χ0n) is 18.6. The van der Waals surface area contributed by atoms with Crippen LogP contribution in [-0.2, 0) is 6.54 Å². The number of hydrogen-bond acceptors (Lipinski definition) is 6. The number of anilines is 2. The normalized spacial score (nSPS) is 10.5. The number of nitrogens with zero attached hydrogens (tertiary/aromatic N) is 1. The number of nitrogens with one attached hydrogen (secondary N) is 2. The second-order valence-electron chi connectivity index (χ2n) is 7.60. The Balaban J connectivity index is 1.57. The lowest BCUT2D eigenvalue weighted by Gasteiger charge is -2.14. The van der Waals surface area contributed by atoms with E-state index in [0.717, 1.165) is 11.8 Å². The van der Waals surface area contributed by atoms with Crippen LogP contribution >= 0.6 is 0 Å². The molecular formula is C26H21N3O6. The van der Waals surface area contributed by atoms with E-state index in [0.29, 0.717) is 22.4 Å². The molecule has 0 fully saturated rings. The first-order chi connectivity index (χ1) is 16.9. The lowest BCUT2D eigenvalue weighted by atomic mass is 10.0. The van der Waals surface area contributed by atoms with Gasteiger partial charge in [0.2, 0.25) is 0 Å². The fourth-order valence-corrected chi connectivity index (χ4v) is 3.64. The Labute approximate surface area is 200 Å². The van der Waals surface area contributed by atoms with Crippen molar-refractivity contribution in [2.45, 2.75) is 6.54 Å². The molecular weight excluding hydrogens is 450 g/mol. The maximum atomic E-state index is 12.6. The molecule has 1 amide bonds. The number of rotatable bonds is 8. The summed E-state index contributed by atoms with van der Waals surface area (Å²) >= 11 is 0. The van der Waals surface area contributed by atoms with Gasteiger partial charge in [-0.1, -0.05) is 24.3 Å². The molecule has 0 saturated heterocycles. The molecule has 3 aromatic carbocycles. The summed E-state index contributed by atoms with van der Waals surface area (Å²) < 4.78 is 5.11. The Morgan fingerprint density at radius 2 is 1.63 bits per heavy atom. The second-order valence-corrected chi connectivity index (χ2v) is 7.60. The van der Waals surface area contributed by atoms with Crippen molar-refractivity contribution in [3.05, 3.63) is 95.2 Å². The van der Waals surface area contributed by atoms with Crippen LogP contribution in [0.2, 0.25) is 0 Å². The second kappa shape index (κ2) is 9.92. The monoisotopic (exact) mass is 471 g/mol. The summed E-state index contributed by atoms with van der Waals surface area (Å²) in [7, 11) is 1.55. The number of fused-ring (bicyclic) bond motifs is 1. The van der Waals surface area contributed by atoms with Gasteiger partial charge in [0.25, 0.3) is 5.91 Å². The van der Waals surface area contributed by atoms with Crippen LogP contribution in [0.3, 0.4) is 0 Å². The molecule has 0 unspecified atom stereocenters. The van der Waals surface area contributed by atoms with E-state index in [2.05, 4.69) is 15.6 Å². The first kappa shape index (κ1) is 23.2. The van der Waals surface area contributed by atoms with Crippen LogP contribution in [0.1, 0.15) is 36.6 Å². The highest BCUT2D eigenvalue weighted by Crippen LogP contribution is 2.29. The molecule has 1 heterocycles. The van der Waals surface area contributed by atoms with Crippen LogP contribution in [0, 0.1) is 0 Å². The zero-order chi connectivity index (χ0) is 24.9. The Bertz CT molecular complexity index is 1430. The molecule has 4 aromatic rings. The van der Waals surface area contributed by atoms with E-state index in [1.54, 1.807) is 61.7 Å². The molecule has 35 heavy (non-hydrogen) atoms. The van der Waals surface area contributed by atoms with E-state index in [1.807, 2.05) is 6.07 Å². The van der Waals surface area contributed by atoms with Crippen LogP contribution in [0.25, 0.3) is 10.9 Å². The number of carbonyl (C=O) groups excluding carboxylic acids is 1. The lowest BCUT2D eigenvalue weighted by molar-refractivity contribution is 0.0688. The molecule has 0 bridgehead atoms. The molecule has 9 nitrogen and oxygen atoms in total. The van der Waals surface area contributed by atoms with E-state index in [-0.39, 0.29) is 34.8 Å². The van der Waals surface area contributed by atoms with Gasteiger partial charge in [0, 0.05) is 29.4 Å². The average Bonchev–Trinajstić information content (AvgIpc) is 2.86. The van der Waals surface area contributed by atoms with Crippen molar-refractivity contribution in [1.82, 2.24) is 4.98 Å². The molecule has 9 heteroatoms. The van der Waals surface area contributed by atoms with Gasteiger partial charge >= 0.3 is 11.9 Å². The molecule has 0 aliphatic carbocycles. The largest absolute Gasteiger partial charge is 0.497 e. The van der Waals surface area contributed by atoms with Crippen molar-refractivity contribution in [2.75, 3.05) is 17.7 Å². The molecule has 0 atom stereocenters. The number of aromatic nitrogens is 1. The first-order valence-electron chi connectivity index (χ1n) is 10.5. The van der Waals surface area contributed by atoms with E-state index < -0.39 is 11.9 Å². The SMILES string of the molecule is COc1ccc(C(=O)Nc2cccc(CNc3c(C(=O)O)cnc4c(C(=O)O)cccc34)c2)cc1. The zero-order valence-corrected chi connectivity index (χ0v) is 18.6. The predicted molar refractivity (Wildman–Crippen MR) is 130 cm³/mol. The van der Waals surface area contributed by atoms with Gasteiger partial charge in [-0.25, -0.2) is 9.59 Å². The molecule has 0 radical (unpaired) electrons. The molecule has 4 rings (SSSR count). The minimum absolute atomic E-state index is 0.0225. The number of amides is 1. The predicted octanol–water partition coefficient (Wildman–Crippen LogP) is 4.50. The average molecular weight is 471 g/mol. The van der Waals surface area contributed by atoms with E-state index in [9.17, 15) is 24.6 Å². The topological polar surface area (TPSA) is 138 Å². The number of hydrogen-bond donors (Lipinski definition) is 4. The summed E-state index contributed by atoms with van der Waals surface area (Å²) in [6, 6.07) is 18.4. The van der Waals surface area contributed by atoms with Gasteiger partial charge in [0.1, 0.15) is 11.3 Å². The highest BCUT2D eigenvalue weighted by atomic mass is 16.5. The van der Waals surface area contributed by atoms with Crippen molar-refractivity contribution in [3.63, 3.8) is 0 Å². The summed E-state index contributed by atoms with van der Waals surface area (Å²) in [5.74, 6) is -1.98. The number of pyridine rings is 1. The van der Waals surface area contributed by atoms with Gasteiger partial charge in [-0.3, -0.25) is 9.78 Å². The minimum Gasteiger partial charge on any atom is -0.497 e. The summed E-state index contributed by atoms with van der Waals surface area (Å²) in [6.45, 7) is 0.225. The highest BCUT2D eigenvalue weighted by Gasteiger charge is 2.18. The Kier molecular flexibility index (Phi) is 6.59. The molecule has 0 saturated carbocycles. The van der Waals surface area contributed by atoms with Crippen LogP contribution in [0.5, 0.6) is 5.75 Å². The van der Waals surface area contributed by atoms with E-state index in [1.165, 1.54) is 6.07 Å². The molecule has 1 aromatic heterocycles. The van der Waals surface area contributed by atoms with Crippen LogP contribution in [-0.4, -0.2) is 40.2 Å². The number of para-hydroxylation sites is 1. The van der Waals surface area contributed by atoms with Crippen molar-refractivity contribution in [1.29, 1.82) is 0 Å². The van der Waals surface area contributed by atoms with Crippen LogP contribution in [0.4, 0.5) is 11.4 Å². The summed E-state index contributed by atoms with van der Waals surface area (Å²) in [4.78, 5) is 40.0. The van der Waals surface area contributed by atoms with Crippen molar-refractivity contribution >= 4 is 40.1 Å². The van der Waals surface area contributed by atoms with E-state index >= 15 is 0 Å². The van der Waals surface area contributed by atoms with Crippen LogP contribution < -0.4 is 15.4 Å². The third-order valence-electron chi connectivity index (χ3n) is 5.36. The molecule has 176 valence electrons. The Morgan fingerprint density at radius 3 is 2.31 bits per heavy atom. The fourth-order valence-electron chi connectivity index (χ4n) is 3.64. The van der Waals surface area contributed by atoms with Gasteiger partial charge in [-0.15, -0.1) is 0 Å². The Hall–Kier alpha value is -4.92. The third-order valence-corrected chi connectivity index (χ3v) is 5.36.